The summed E-state index contributed by atoms with van der Waals surface area (Å²) in [5, 5.41) is 23.8. The predicted molar refractivity (Wildman–Crippen MR) is 137 cm³/mol. The van der Waals surface area contributed by atoms with E-state index in [0.717, 1.165) is 12.1 Å². The van der Waals surface area contributed by atoms with Crippen LogP contribution in [0.2, 0.25) is 0 Å². The lowest BCUT2D eigenvalue weighted by atomic mass is 9.81. The van der Waals surface area contributed by atoms with Crippen LogP contribution in [0, 0.1) is 43.9 Å². The van der Waals surface area contributed by atoms with Crippen molar-refractivity contribution < 1.29 is 29.0 Å². The molecule has 5 rings (SSSR count). The molecule has 3 amide bonds. The van der Waals surface area contributed by atoms with E-state index < -0.39 is 51.7 Å². The Kier molecular flexibility index (Phi) is 6.63. The maximum absolute atomic E-state index is 13.6. The highest BCUT2D eigenvalue weighted by molar-refractivity contribution is 9.12. The van der Waals surface area contributed by atoms with Crippen LogP contribution in [0.5, 0.6) is 0 Å². The summed E-state index contributed by atoms with van der Waals surface area (Å²) in [5.74, 6) is -4.64. The van der Waals surface area contributed by atoms with Gasteiger partial charge in [-0.25, -0.2) is 5.01 Å². The lowest BCUT2D eigenvalue weighted by molar-refractivity contribution is -0.385. The second kappa shape index (κ2) is 9.66. The molecule has 14 heteroatoms. The van der Waals surface area contributed by atoms with E-state index in [1.54, 1.807) is 0 Å². The molecule has 12 nitrogen and oxygen atoms in total. The molecule has 6 atom stereocenters. The van der Waals surface area contributed by atoms with Crippen molar-refractivity contribution in [1.29, 1.82) is 0 Å². The summed E-state index contributed by atoms with van der Waals surface area (Å²) in [6, 6.07) is 9.57. The normalized spacial score (nSPS) is 27.4. The van der Waals surface area contributed by atoms with Gasteiger partial charge >= 0.3 is 0 Å². The van der Waals surface area contributed by atoms with Crippen LogP contribution in [0.25, 0.3) is 0 Å². The van der Waals surface area contributed by atoms with Crippen molar-refractivity contribution in [2.24, 2.45) is 23.7 Å². The number of carbonyl (C=O) groups is 4. The summed E-state index contributed by atoms with van der Waals surface area (Å²) >= 11 is 7.19. The molecular formula is C24H18Br2N4O8. The van der Waals surface area contributed by atoms with Crippen molar-refractivity contribution in [2.75, 3.05) is 6.54 Å². The number of fused-ring (bicyclic) bond motifs is 5. The Morgan fingerprint density at radius 1 is 0.868 bits per heavy atom. The summed E-state index contributed by atoms with van der Waals surface area (Å²) < 4.78 is 0. The van der Waals surface area contributed by atoms with E-state index in [4.69, 9.17) is 0 Å². The number of ketones is 1. The molecule has 3 aliphatic rings. The van der Waals surface area contributed by atoms with Crippen LogP contribution in [0.1, 0.15) is 27.1 Å². The molecule has 2 aromatic carbocycles. The second-order valence-electron chi connectivity index (χ2n) is 9.39. The minimum atomic E-state index is -0.965. The van der Waals surface area contributed by atoms with Gasteiger partial charge in [-0.1, -0.05) is 50.1 Å². The fourth-order valence-corrected chi connectivity index (χ4v) is 7.60. The van der Waals surface area contributed by atoms with Gasteiger partial charge in [-0.2, -0.15) is 5.01 Å². The largest absolute Gasteiger partial charge is 0.292 e. The van der Waals surface area contributed by atoms with Gasteiger partial charge < -0.3 is 0 Å². The van der Waals surface area contributed by atoms with Crippen LogP contribution in [0.4, 0.5) is 11.4 Å². The number of nitro groups is 2. The van der Waals surface area contributed by atoms with Gasteiger partial charge in [-0.05, 0) is 24.3 Å². The number of non-ortho nitro benzene ring substituents is 2. The fraction of sp³-hybridized carbons (Fsp3) is 0.333. The zero-order valence-corrected chi connectivity index (χ0v) is 22.5. The third kappa shape index (κ3) is 4.11. The molecule has 0 unspecified atom stereocenters. The smallest absolute Gasteiger partial charge is 0.273 e. The standard InChI is InChI=1S/C24H18Br2N4O8/c25-20-15-9-16(21(20)26)19-18(15)23(33)28(24(19)34)27(22(32)12-4-2-6-14(8-12)30(37)38)10-17(31)11-3-1-5-13(7-11)29(35)36/h1-8,15-16,18-21H,9-10H2/t15-,16-,18-,19-,20-,21+/m1/s1. The minimum absolute atomic E-state index is 0.0575. The molecular weight excluding hydrogens is 632 g/mol. The molecule has 3 fully saturated rings. The maximum atomic E-state index is 13.6. The Bertz CT molecular complexity index is 1390. The molecule has 1 heterocycles. The summed E-state index contributed by atoms with van der Waals surface area (Å²) in [6.07, 6.45) is 0.651. The van der Waals surface area contributed by atoms with Crippen LogP contribution in [-0.2, 0) is 9.59 Å². The van der Waals surface area contributed by atoms with E-state index in [9.17, 15) is 39.4 Å². The average molecular weight is 650 g/mol. The molecule has 2 saturated carbocycles. The highest BCUT2D eigenvalue weighted by atomic mass is 79.9. The number of benzene rings is 2. The molecule has 0 radical (unpaired) electrons. The highest BCUT2D eigenvalue weighted by Gasteiger charge is 2.67. The first-order chi connectivity index (χ1) is 18.0. The number of nitro benzene ring substituents is 2. The monoisotopic (exact) mass is 648 g/mol. The quantitative estimate of drug-likeness (QED) is 0.145. The fourth-order valence-electron chi connectivity index (χ4n) is 5.73. The molecule has 0 spiro atoms. The summed E-state index contributed by atoms with van der Waals surface area (Å²) in [4.78, 5) is 75.1. The number of halogens is 2. The third-order valence-corrected chi connectivity index (χ3v) is 10.6. The van der Waals surface area contributed by atoms with E-state index in [2.05, 4.69) is 31.9 Å². The molecule has 0 aromatic heterocycles. The van der Waals surface area contributed by atoms with Crippen molar-refractivity contribution in [3.8, 4) is 0 Å². The van der Waals surface area contributed by atoms with E-state index in [1.807, 2.05) is 0 Å². The SMILES string of the molecule is O=C(CN(C(=O)c1cccc([N+](=O)[O-])c1)N1C(=O)[C@@H]2[C@H]3C[C@@H]([C@@H](Br)[C@H]3Br)[C@H]2C1=O)c1cccc([N+](=O)[O-])c1. The first kappa shape index (κ1) is 26.1. The predicted octanol–water partition coefficient (Wildman–Crippen LogP) is 3.52. The molecule has 2 aliphatic carbocycles. The Balaban J connectivity index is 1.53. The molecule has 2 aromatic rings. The summed E-state index contributed by atoms with van der Waals surface area (Å²) in [5.41, 5.74) is -1.04. The number of amides is 3. The van der Waals surface area contributed by atoms with Gasteiger partial charge in [0.15, 0.2) is 5.78 Å². The van der Waals surface area contributed by atoms with E-state index in [1.165, 1.54) is 36.4 Å². The van der Waals surface area contributed by atoms with Gasteiger partial charge in [-0.3, -0.25) is 39.4 Å². The van der Waals surface area contributed by atoms with Gasteiger partial charge in [0.1, 0.15) is 6.54 Å². The van der Waals surface area contributed by atoms with Gasteiger partial charge in [0.2, 0.25) is 0 Å². The number of carbonyl (C=O) groups excluding carboxylic acids is 4. The Hall–Kier alpha value is -3.52. The summed E-state index contributed by atoms with van der Waals surface area (Å²) in [7, 11) is 0. The molecule has 0 N–H and O–H groups in total. The average Bonchev–Trinajstić information content (AvgIpc) is 3.51. The van der Waals surface area contributed by atoms with Gasteiger partial charge in [0.25, 0.3) is 29.1 Å². The van der Waals surface area contributed by atoms with E-state index in [0.29, 0.717) is 16.4 Å². The zero-order valence-electron chi connectivity index (χ0n) is 19.3. The van der Waals surface area contributed by atoms with E-state index in [-0.39, 0.29) is 44.0 Å². The van der Waals surface area contributed by atoms with E-state index >= 15 is 0 Å². The zero-order chi connectivity index (χ0) is 27.5. The van der Waals surface area contributed by atoms with Gasteiger partial charge in [0.05, 0.1) is 21.7 Å². The molecule has 2 bridgehead atoms. The van der Waals surface area contributed by atoms with Crippen molar-refractivity contribution in [1.82, 2.24) is 10.0 Å². The maximum Gasteiger partial charge on any atom is 0.273 e. The molecule has 1 aliphatic heterocycles. The number of rotatable bonds is 7. The number of nitrogens with zero attached hydrogens (tertiary/aromatic N) is 4. The Labute approximate surface area is 231 Å². The summed E-state index contributed by atoms with van der Waals surface area (Å²) in [6.45, 7) is -0.787. The lowest BCUT2D eigenvalue weighted by Gasteiger charge is -2.30. The number of hydrazine groups is 1. The van der Waals surface area contributed by atoms with Crippen molar-refractivity contribution in [3.63, 3.8) is 0 Å². The van der Waals surface area contributed by atoms with Gasteiger partial charge in [0, 0.05) is 45.0 Å². The van der Waals surface area contributed by atoms with Gasteiger partial charge in [-0.15, -0.1) is 0 Å². The number of alkyl halides is 2. The van der Waals surface area contributed by atoms with Crippen LogP contribution >= 0.6 is 31.9 Å². The Morgan fingerprint density at radius 2 is 1.34 bits per heavy atom. The number of imide groups is 1. The molecule has 196 valence electrons. The number of hydrogen-bond acceptors (Lipinski definition) is 8. The van der Waals surface area contributed by atoms with Crippen molar-refractivity contribution in [2.45, 2.75) is 16.1 Å². The third-order valence-electron chi connectivity index (χ3n) is 7.42. The number of hydrogen-bond donors (Lipinski definition) is 0. The highest BCUT2D eigenvalue weighted by Crippen LogP contribution is 2.60. The first-order valence-corrected chi connectivity index (χ1v) is 13.3. The van der Waals surface area contributed by atoms with Crippen molar-refractivity contribution in [3.05, 3.63) is 79.9 Å². The number of Topliss-reactive ketones (excluding diaryl/α,β-unsaturated/α-hetero) is 1. The first-order valence-electron chi connectivity index (χ1n) is 11.5. The minimum Gasteiger partial charge on any atom is -0.292 e. The van der Waals surface area contributed by atoms with Crippen molar-refractivity contribution >= 4 is 66.7 Å². The van der Waals surface area contributed by atoms with Crippen LogP contribution in [-0.4, -0.2) is 59.6 Å². The van der Waals surface area contributed by atoms with Crippen LogP contribution in [0.3, 0.4) is 0 Å². The van der Waals surface area contributed by atoms with Crippen LogP contribution < -0.4 is 0 Å². The Morgan fingerprint density at radius 3 is 1.84 bits per heavy atom. The van der Waals surface area contributed by atoms with Crippen LogP contribution in [0.15, 0.2) is 48.5 Å². The molecule has 1 saturated heterocycles. The molecule has 38 heavy (non-hydrogen) atoms. The topological polar surface area (TPSA) is 161 Å². The lowest BCUT2D eigenvalue weighted by Crippen LogP contribution is -2.52. The second-order valence-corrected chi connectivity index (χ2v) is 11.5.